The van der Waals surface area contributed by atoms with E-state index in [-0.39, 0.29) is 0 Å². The first kappa shape index (κ1) is 45.9. The zero-order valence-corrected chi connectivity index (χ0v) is 43.9. The molecule has 0 fully saturated rings. The van der Waals surface area contributed by atoms with E-state index in [4.69, 9.17) is 0 Å². The number of hydrogen-bond acceptors (Lipinski definition) is 0. The molecule has 11 rings (SSSR count). The van der Waals surface area contributed by atoms with E-state index in [1.165, 1.54) is 72.5 Å². The summed E-state index contributed by atoms with van der Waals surface area (Å²) in [6.07, 6.45) is 0. The maximum atomic E-state index is 2.77. The fourth-order valence-electron chi connectivity index (χ4n) is 11.9. The van der Waals surface area contributed by atoms with Gasteiger partial charge in [-0.15, -0.1) is 0 Å². The third-order valence-corrected chi connectivity index (χ3v) is 31.9. The normalized spacial score (nSPS) is 12.8. The summed E-state index contributed by atoms with van der Waals surface area (Å²) in [6, 6.07) is 121. The molecule has 0 nitrogen and oxygen atoms in total. The second-order valence-electron chi connectivity index (χ2n) is 18.0. The molecule has 0 bridgehead atoms. The number of hydrogen-bond donors (Lipinski definition) is 0. The molecular formula is C66H54IP3. The third kappa shape index (κ3) is 7.21. The molecule has 0 amide bonds. The summed E-state index contributed by atoms with van der Waals surface area (Å²) in [6.45, 7) is -4.24. The second-order valence-corrected chi connectivity index (χ2v) is 31.6. The van der Waals surface area contributed by atoms with E-state index in [1.54, 1.807) is 0 Å². The van der Waals surface area contributed by atoms with Crippen LogP contribution in [0.25, 0.3) is 0 Å². The maximum absolute atomic E-state index is 4.24. The Kier molecular flexibility index (Phi) is 12.9. The van der Waals surface area contributed by atoms with E-state index in [2.05, 4.69) is 338 Å². The van der Waals surface area contributed by atoms with E-state index < -0.39 is 21.1 Å². The van der Waals surface area contributed by atoms with Gasteiger partial charge in [0, 0.05) is 0 Å². The van der Waals surface area contributed by atoms with Crippen LogP contribution in [0.3, 0.4) is 0 Å². The van der Waals surface area contributed by atoms with Gasteiger partial charge in [-0.25, -0.2) is 0 Å². The standard InChI is InChI=1S/C66H54IP3/c67-53-46-49-64(50-47-53)70(61-40-22-7-23-41-61,62-42-24-8-25-43-62,63-44-26-9-27-45-63)66-52-60(68(54-28-10-1-11-29-54,55-30-12-2-13-31-55)56-32-14-3-15-33-56)48-51-65(66)69(57-34-16-4-17-35-57,58-36-18-5-19-37-58)59-38-20-6-21-39-59/h1-52,68-69H. The van der Waals surface area contributed by atoms with Crippen LogP contribution in [0, 0.1) is 3.57 Å². The Labute approximate surface area is 428 Å². The Balaban J connectivity index is 1.49. The first-order chi connectivity index (χ1) is 34.6. The van der Waals surface area contributed by atoms with Gasteiger partial charge in [0.2, 0.25) is 0 Å². The molecule has 11 aromatic carbocycles. The molecule has 0 spiro atoms. The van der Waals surface area contributed by atoms with Crippen molar-refractivity contribution in [3.05, 3.63) is 319 Å². The molecule has 11 aromatic rings. The third-order valence-electron chi connectivity index (χ3n) is 14.7. The average Bonchev–Trinajstić information content (AvgIpc) is 3.45. The Bertz CT molecular complexity index is 3160. The van der Waals surface area contributed by atoms with Crippen LogP contribution < -0.4 is 69.0 Å². The van der Waals surface area contributed by atoms with E-state index in [9.17, 15) is 0 Å². The zero-order valence-electron chi connectivity index (χ0n) is 38.8. The molecule has 4 heteroatoms. The van der Waals surface area contributed by atoms with Crippen LogP contribution in [-0.2, 0) is 0 Å². The molecule has 0 saturated carbocycles. The van der Waals surface area contributed by atoms with Crippen LogP contribution in [0.5, 0.6) is 0 Å². The van der Waals surface area contributed by atoms with Crippen LogP contribution >= 0.6 is 43.7 Å². The molecule has 0 atom stereocenters. The number of rotatable bonds is 13. The van der Waals surface area contributed by atoms with Crippen LogP contribution in [-0.4, -0.2) is 0 Å². The average molecular weight is 1070 g/mol. The minimum absolute atomic E-state index is 1.20. The number of benzene rings is 11. The second kappa shape index (κ2) is 19.7. The van der Waals surface area contributed by atoms with Crippen molar-refractivity contribution in [2.45, 2.75) is 0 Å². The molecule has 0 N–H and O–H groups in total. The first-order valence-corrected chi connectivity index (χ1v) is 31.4. The van der Waals surface area contributed by atoms with Gasteiger partial charge >= 0.3 is 432 Å². The van der Waals surface area contributed by atoms with Crippen molar-refractivity contribution in [3.8, 4) is 0 Å². The van der Waals surface area contributed by atoms with E-state index in [0.29, 0.717) is 0 Å². The summed E-state index contributed by atoms with van der Waals surface area (Å²) < 4.78 is 1.20. The summed E-state index contributed by atoms with van der Waals surface area (Å²) in [7, 11) is -6.46. The first-order valence-electron chi connectivity index (χ1n) is 24.1. The summed E-state index contributed by atoms with van der Waals surface area (Å²) in [4.78, 5) is 0. The molecule has 0 aliphatic rings. The topological polar surface area (TPSA) is 0 Å². The van der Waals surface area contributed by atoms with Crippen molar-refractivity contribution < 1.29 is 0 Å². The zero-order chi connectivity index (χ0) is 47.3. The summed E-state index contributed by atoms with van der Waals surface area (Å²) in [5, 5.41) is 17.4. The predicted molar refractivity (Wildman–Crippen MR) is 322 cm³/mol. The van der Waals surface area contributed by atoms with Gasteiger partial charge in [-0.05, 0) is 0 Å². The van der Waals surface area contributed by atoms with Crippen LogP contribution in [0.15, 0.2) is 315 Å². The summed E-state index contributed by atoms with van der Waals surface area (Å²) >= 11 is 2.49. The molecule has 70 heavy (non-hydrogen) atoms. The van der Waals surface area contributed by atoms with Crippen LogP contribution in [0.2, 0.25) is 0 Å². The Morgan fingerprint density at radius 2 is 0.486 bits per heavy atom. The van der Waals surface area contributed by atoms with Crippen molar-refractivity contribution in [2.24, 2.45) is 0 Å². The van der Waals surface area contributed by atoms with Gasteiger partial charge in [-0.3, -0.25) is 0 Å². The minimum atomic E-state index is -4.24. The van der Waals surface area contributed by atoms with Crippen molar-refractivity contribution in [1.82, 2.24) is 0 Å². The van der Waals surface area contributed by atoms with E-state index >= 15 is 0 Å². The van der Waals surface area contributed by atoms with Crippen molar-refractivity contribution in [1.29, 1.82) is 0 Å². The van der Waals surface area contributed by atoms with Gasteiger partial charge in [-0.1, -0.05) is 0 Å². The summed E-state index contributed by atoms with van der Waals surface area (Å²) in [5.74, 6) is 0. The molecule has 0 radical (unpaired) electrons. The van der Waals surface area contributed by atoms with E-state index in [0.717, 1.165) is 0 Å². The Morgan fingerprint density at radius 3 is 0.786 bits per heavy atom. The summed E-state index contributed by atoms with van der Waals surface area (Å²) in [5.41, 5.74) is 0. The van der Waals surface area contributed by atoms with Gasteiger partial charge in [0.15, 0.2) is 0 Å². The van der Waals surface area contributed by atoms with Gasteiger partial charge in [0.25, 0.3) is 0 Å². The fraction of sp³-hybridized carbons (Fsp3) is 0. The molecule has 0 unspecified atom stereocenters. The Morgan fingerprint density at radius 1 is 0.229 bits per heavy atom. The van der Waals surface area contributed by atoms with Gasteiger partial charge < -0.3 is 0 Å². The Hall–Kier alpha value is -6.56. The van der Waals surface area contributed by atoms with Crippen molar-refractivity contribution >= 4 is 113 Å². The van der Waals surface area contributed by atoms with Crippen LogP contribution in [0.1, 0.15) is 0 Å². The van der Waals surface area contributed by atoms with Gasteiger partial charge in [-0.2, -0.15) is 0 Å². The van der Waals surface area contributed by atoms with Crippen LogP contribution in [0.4, 0.5) is 0 Å². The predicted octanol–water partition coefficient (Wildman–Crippen LogP) is 10.5. The SMILES string of the molecule is Ic1ccc(P(c2ccccc2)(c2ccccc2)(c2ccccc2)c2cc([PH](c3ccccc3)(c3ccccc3)c3ccccc3)ccc2[PH](c2ccccc2)(c2ccccc2)c2ccccc2)cc1. The monoisotopic (exact) mass is 1070 g/mol. The van der Waals surface area contributed by atoms with Crippen molar-refractivity contribution in [2.75, 3.05) is 0 Å². The quantitative estimate of drug-likeness (QED) is 0.0798. The van der Waals surface area contributed by atoms with Gasteiger partial charge in [0.05, 0.1) is 0 Å². The van der Waals surface area contributed by atoms with Gasteiger partial charge in [0.1, 0.15) is 0 Å². The molecule has 0 aliphatic carbocycles. The molecule has 340 valence electrons. The fourth-order valence-corrected chi connectivity index (χ4v) is 30.0. The number of halogens is 1. The van der Waals surface area contributed by atoms with E-state index in [1.807, 2.05) is 0 Å². The molecule has 0 aromatic heterocycles. The molecule has 0 heterocycles. The molecular weight excluding hydrogens is 1010 g/mol. The molecule has 0 saturated heterocycles. The molecule has 0 aliphatic heterocycles. The van der Waals surface area contributed by atoms with Crippen molar-refractivity contribution in [3.63, 3.8) is 0 Å².